The molecule has 0 unspecified atom stereocenters. The molecule has 5 rings (SSSR count). The van der Waals surface area contributed by atoms with E-state index in [1.165, 1.54) is 6.07 Å². The molecule has 1 atom stereocenters. The minimum absolute atomic E-state index is 0.0907. The molecule has 1 aliphatic heterocycles. The van der Waals surface area contributed by atoms with Crippen molar-refractivity contribution in [2.45, 2.75) is 36.1 Å². The van der Waals surface area contributed by atoms with Crippen LogP contribution >= 0.6 is 11.6 Å². The van der Waals surface area contributed by atoms with Crippen molar-refractivity contribution in [3.8, 4) is 5.75 Å². The van der Waals surface area contributed by atoms with Gasteiger partial charge >= 0.3 is 28.9 Å². The molecular weight excluding hydrogens is 749 g/mol. The van der Waals surface area contributed by atoms with Crippen LogP contribution in [0.2, 0.25) is 5.02 Å². The van der Waals surface area contributed by atoms with Crippen LogP contribution in [0.5, 0.6) is 5.75 Å². The number of hydrogen-bond acceptors (Lipinski definition) is 7. The first kappa shape index (κ1) is 36.0. The molecule has 23 heteroatoms. The molecule has 3 N–H and O–H groups in total. The number of aromatic amines is 1. The number of imidazole rings is 1. The summed E-state index contributed by atoms with van der Waals surface area (Å²) in [7, 11) is -9.57. The van der Waals surface area contributed by atoms with Gasteiger partial charge in [-0.2, -0.15) is 34.8 Å². The molecule has 1 amide bonds. The molecule has 11 nitrogen and oxygen atoms in total. The first-order valence-electron chi connectivity index (χ1n) is 13.1. The Kier molecular flexibility index (Phi) is 9.00. The SMILES string of the molecule is O=C1CN(c2ccc(C[C@H](NS(=O)(=O)c3ccc(C(F)(F)F)cc3OC(F)(F)F)c3nc4ccc(C(F)(F)F)cc4[nH]3)cc2Cl)S(=O)(=O)N1. The van der Waals surface area contributed by atoms with Crippen molar-refractivity contribution in [3.63, 3.8) is 0 Å². The molecule has 2 heterocycles. The number of nitrogens with zero attached hydrogens (tertiary/aromatic N) is 2. The molecule has 1 saturated heterocycles. The van der Waals surface area contributed by atoms with Gasteiger partial charge in [-0.15, -0.1) is 13.2 Å². The summed E-state index contributed by atoms with van der Waals surface area (Å²) >= 11 is 6.27. The number of rotatable bonds is 8. The summed E-state index contributed by atoms with van der Waals surface area (Å²) in [5.74, 6) is -3.00. The van der Waals surface area contributed by atoms with Gasteiger partial charge in [0.25, 0.3) is 5.91 Å². The number of benzene rings is 3. The lowest BCUT2D eigenvalue weighted by molar-refractivity contribution is -0.275. The fourth-order valence-corrected chi connectivity index (χ4v) is 7.54. The predicted octanol–water partition coefficient (Wildman–Crippen LogP) is 5.60. The van der Waals surface area contributed by atoms with Gasteiger partial charge in [0.1, 0.15) is 23.0 Å². The van der Waals surface area contributed by atoms with Gasteiger partial charge in [-0.3, -0.25) is 4.79 Å². The average molecular weight is 766 g/mol. The van der Waals surface area contributed by atoms with E-state index in [0.29, 0.717) is 16.4 Å². The van der Waals surface area contributed by atoms with Crippen molar-refractivity contribution < 1.29 is 65.9 Å². The van der Waals surface area contributed by atoms with Gasteiger partial charge < -0.3 is 9.72 Å². The maximum Gasteiger partial charge on any atom is 0.573 e. The first-order chi connectivity index (χ1) is 22.4. The van der Waals surface area contributed by atoms with E-state index in [1.807, 2.05) is 4.72 Å². The number of H-pyrrole nitrogens is 1. The number of aromatic nitrogens is 2. The Balaban J connectivity index is 1.58. The molecule has 1 aliphatic rings. The molecule has 4 aromatic rings. The highest BCUT2D eigenvalue weighted by molar-refractivity contribution is 7.92. The summed E-state index contributed by atoms with van der Waals surface area (Å²) in [4.78, 5) is 16.9. The van der Waals surface area contributed by atoms with E-state index < -0.39 is 85.6 Å². The number of hydrogen-bond donors (Lipinski definition) is 3. The van der Waals surface area contributed by atoms with Gasteiger partial charge in [0, 0.05) is 0 Å². The maximum absolute atomic E-state index is 13.5. The zero-order chi connectivity index (χ0) is 36.3. The third kappa shape index (κ3) is 7.97. The van der Waals surface area contributed by atoms with Gasteiger partial charge in [-0.1, -0.05) is 17.7 Å². The van der Waals surface area contributed by atoms with Crippen LogP contribution in [0.1, 0.15) is 28.6 Å². The van der Waals surface area contributed by atoms with Crippen LogP contribution in [0.25, 0.3) is 11.0 Å². The van der Waals surface area contributed by atoms with Crippen LogP contribution in [0.4, 0.5) is 45.2 Å². The molecular formula is C26H17ClF9N5O6S2. The second-order valence-electron chi connectivity index (χ2n) is 10.3. The second kappa shape index (κ2) is 12.2. The number of fused-ring (bicyclic) bond motifs is 1. The topological polar surface area (TPSA) is 151 Å². The molecule has 0 bridgehead atoms. The predicted molar refractivity (Wildman–Crippen MR) is 152 cm³/mol. The molecule has 0 spiro atoms. The minimum atomic E-state index is -5.63. The van der Waals surface area contributed by atoms with Crippen molar-refractivity contribution in [1.82, 2.24) is 19.4 Å². The molecule has 1 fully saturated rings. The molecule has 1 aromatic heterocycles. The number of ether oxygens (including phenoxy) is 1. The number of sulfonamides is 1. The van der Waals surface area contributed by atoms with Gasteiger partial charge in [-0.25, -0.2) is 27.2 Å². The summed E-state index contributed by atoms with van der Waals surface area (Å²) < 4.78 is 179. The zero-order valence-corrected chi connectivity index (χ0v) is 26.0. The van der Waals surface area contributed by atoms with Crippen molar-refractivity contribution in [2.24, 2.45) is 0 Å². The van der Waals surface area contributed by atoms with Crippen molar-refractivity contribution in [3.05, 3.63) is 82.1 Å². The highest BCUT2D eigenvalue weighted by Crippen LogP contribution is 2.38. The van der Waals surface area contributed by atoms with Crippen molar-refractivity contribution >= 4 is 54.5 Å². The van der Waals surface area contributed by atoms with Gasteiger partial charge in [0.2, 0.25) is 10.0 Å². The summed E-state index contributed by atoms with van der Waals surface area (Å²) in [6, 6.07) is 4.33. The fraction of sp³-hybridized carbons (Fsp3) is 0.231. The second-order valence-corrected chi connectivity index (χ2v) is 13.9. The first-order valence-corrected chi connectivity index (χ1v) is 16.4. The normalized spacial score (nSPS) is 16.2. The van der Waals surface area contributed by atoms with E-state index in [-0.39, 0.29) is 51.3 Å². The lowest BCUT2D eigenvalue weighted by Gasteiger charge is -2.21. The molecule has 0 aliphatic carbocycles. The highest BCUT2D eigenvalue weighted by Gasteiger charge is 2.39. The number of amides is 1. The highest BCUT2D eigenvalue weighted by atomic mass is 35.5. The monoisotopic (exact) mass is 765 g/mol. The van der Waals surface area contributed by atoms with Crippen LogP contribution in [0.15, 0.2) is 59.5 Å². The van der Waals surface area contributed by atoms with E-state index in [2.05, 4.69) is 14.7 Å². The third-order valence-corrected chi connectivity index (χ3v) is 9.99. The number of halogens is 10. The largest absolute Gasteiger partial charge is 0.573 e. The molecule has 0 radical (unpaired) electrons. The Labute approximate surface area is 274 Å². The molecule has 49 heavy (non-hydrogen) atoms. The van der Waals surface area contributed by atoms with Crippen LogP contribution in [0, 0.1) is 0 Å². The quantitative estimate of drug-likeness (QED) is 0.198. The van der Waals surface area contributed by atoms with E-state index >= 15 is 0 Å². The van der Waals surface area contributed by atoms with Crippen LogP contribution in [-0.2, 0) is 43.8 Å². The van der Waals surface area contributed by atoms with Crippen LogP contribution in [0.3, 0.4) is 0 Å². The number of anilines is 1. The lowest BCUT2D eigenvalue weighted by Crippen LogP contribution is -2.32. The van der Waals surface area contributed by atoms with Crippen LogP contribution in [-0.4, -0.2) is 45.6 Å². The van der Waals surface area contributed by atoms with Gasteiger partial charge in [0.15, 0.2) is 0 Å². The van der Waals surface area contributed by atoms with Crippen molar-refractivity contribution in [1.29, 1.82) is 0 Å². The summed E-state index contributed by atoms with van der Waals surface area (Å²) in [6.07, 6.45) is -16.1. The Bertz CT molecular complexity index is 2170. The Morgan fingerprint density at radius 1 is 0.939 bits per heavy atom. The number of alkyl halides is 9. The standard InChI is InChI=1S/C26H17ClF9N5O6S2/c27-15-7-12(1-5-19(15)41-11-22(42)40-49(41,45)46)8-18(23-37-16-4-2-13(24(28,29)30)9-17(16)38-23)39-48(43,44)21-6-3-14(25(31,32)33)10-20(21)47-26(34,35)36/h1-7,9-10,18,39H,8,11H2,(H,37,38)(H,40,42)/t18-/m0/s1. The van der Waals surface area contributed by atoms with Crippen molar-refractivity contribution in [2.75, 3.05) is 10.8 Å². The minimum Gasteiger partial charge on any atom is -0.404 e. The Hall–Kier alpha value is -4.28. The summed E-state index contributed by atoms with van der Waals surface area (Å²) in [6.45, 7) is -0.627. The van der Waals surface area contributed by atoms with Gasteiger partial charge in [0.05, 0.1) is 38.9 Å². The number of nitrogens with one attached hydrogen (secondary N) is 3. The lowest BCUT2D eigenvalue weighted by atomic mass is 10.1. The average Bonchev–Trinajstić information content (AvgIpc) is 3.49. The zero-order valence-electron chi connectivity index (χ0n) is 23.6. The smallest absolute Gasteiger partial charge is 0.404 e. The molecule has 0 saturated carbocycles. The van der Waals surface area contributed by atoms with E-state index in [9.17, 15) is 61.1 Å². The van der Waals surface area contributed by atoms with E-state index in [4.69, 9.17) is 11.6 Å². The summed E-state index contributed by atoms with van der Waals surface area (Å²) in [5, 5.41) is -0.276. The van der Waals surface area contributed by atoms with E-state index in [0.717, 1.165) is 18.2 Å². The third-order valence-electron chi connectivity index (χ3n) is 6.78. The summed E-state index contributed by atoms with van der Waals surface area (Å²) in [5.41, 5.74) is -3.22. The number of carbonyl (C=O) groups excluding carboxylic acids is 1. The van der Waals surface area contributed by atoms with Gasteiger partial charge in [-0.05, 0) is 60.5 Å². The Morgan fingerprint density at radius 3 is 2.14 bits per heavy atom. The van der Waals surface area contributed by atoms with E-state index in [1.54, 1.807) is 4.72 Å². The number of carbonyl (C=O) groups is 1. The Morgan fingerprint density at radius 2 is 1.57 bits per heavy atom. The molecule has 3 aromatic carbocycles. The maximum atomic E-state index is 13.5. The van der Waals surface area contributed by atoms with Crippen LogP contribution < -0.4 is 18.5 Å². The molecule has 264 valence electrons. The fourth-order valence-electron chi connectivity index (χ4n) is 4.70.